The third kappa shape index (κ3) is 3.11. The van der Waals surface area contributed by atoms with Crippen molar-refractivity contribution in [1.82, 2.24) is 5.16 Å². The van der Waals surface area contributed by atoms with E-state index in [-0.39, 0.29) is 16.7 Å². The van der Waals surface area contributed by atoms with Gasteiger partial charge >= 0.3 is 0 Å². The van der Waals surface area contributed by atoms with Gasteiger partial charge in [-0.05, 0) is 58.2 Å². The molecule has 0 radical (unpaired) electrons. The second-order valence-electron chi connectivity index (χ2n) is 6.65. The van der Waals surface area contributed by atoms with Crippen molar-refractivity contribution < 1.29 is 18.4 Å². The number of rotatable bonds is 6. The number of benzene rings is 1. The molecule has 1 aliphatic carbocycles. The van der Waals surface area contributed by atoms with Gasteiger partial charge in [0.1, 0.15) is 17.3 Å². The first-order valence-corrected chi connectivity index (χ1v) is 8.78. The second-order valence-corrected chi connectivity index (χ2v) is 7.05. The average Bonchev–Trinajstić information content (AvgIpc) is 3.26. The lowest BCUT2D eigenvalue weighted by Gasteiger charge is -2.27. The largest absolute Gasteiger partial charge is 0.363 e. The first-order valence-electron chi connectivity index (χ1n) is 8.40. The molecule has 3 rings (SSSR count). The fourth-order valence-corrected chi connectivity index (χ4v) is 3.54. The zero-order valence-electron chi connectivity index (χ0n) is 14.8. The van der Waals surface area contributed by atoms with Crippen LogP contribution in [0.5, 0.6) is 0 Å². The van der Waals surface area contributed by atoms with E-state index in [0.717, 1.165) is 12.8 Å². The van der Waals surface area contributed by atoms with Crippen molar-refractivity contribution in [3.05, 3.63) is 39.9 Å². The third-order valence-electron chi connectivity index (χ3n) is 4.74. The molecule has 6 heteroatoms. The Hall–Kier alpha value is -1.72. The molecule has 1 unspecified atom stereocenters. The molecule has 0 N–H and O–H groups in total. The first kappa shape index (κ1) is 18.1. The number of aryl methyl sites for hydroxylation is 1. The summed E-state index contributed by atoms with van der Waals surface area (Å²) in [5.74, 6) is 0.338. The van der Waals surface area contributed by atoms with Crippen molar-refractivity contribution >= 4 is 17.4 Å². The molecule has 0 aliphatic heterocycles. The van der Waals surface area contributed by atoms with Gasteiger partial charge in [0.25, 0.3) is 0 Å². The van der Waals surface area contributed by atoms with E-state index >= 15 is 0 Å². The normalized spacial score (nSPS) is 16.7. The van der Waals surface area contributed by atoms with Gasteiger partial charge in [0.15, 0.2) is 11.4 Å². The Morgan fingerprint density at radius 1 is 1.48 bits per heavy atom. The molecular formula is C19H21ClFNO3. The molecule has 1 atom stereocenters. The van der Waals surface area contributed by atoms with Crippen LogP contribution in [-0.4, -0.2) is 17.5 Å². The van der Waals surface area contributed by atoms with Crippen LogP contribution in [0.3, 0.4) is 0 Å². The van der Waals surface area contributed by atoms with Gasteiger partial charge in [0.05, 0.1) is 10.6 Å². The molecule has 1 saturated carbocycles. The van der Waals surface area contributed by atoms with E-state index in [2.05, 4.69) is 5.16 Å². The number of ether oxygens (including phenoxy) is 1. The summed E-state index contributed by atoms with van der Waals surface area (Å²) in [6.07, 6.45) is 1.97. The van der Waals surface area contributed by atoms with Crippen LogP contribution in [-0.2, 0) is 15.1 Å². The van der Waals surface area contributed by atoms with Crippen LogP contribution in [0.25, 0.3) is 11.3 Å². The van der Waals surface area contributed by atoms with E-state index in [0.29, 0.717) is 34.8 Å². The summed E-state index contributed by atoms with van der Waals surface area (Å²) >= 11 is 6.31. The minimum atomic E-state index is -1.19. The van der Waals surface area contributed by atoms with Crippen LogP contribution in [0, 0.1) is 12.7 Å². The molecule has 134 valence electrons. The number of hydrogen-bond donors (Lipinski definition) is 0. The third-order valence-corrected chi connectivity index (χ3v) is 5.04. The molecule has 4 nitrogen and oxygen atoms in total. The number of ketones is 1. The molecule has 1 aliphatic rings. The molecule has 0 saturated heterocycles. The van der Waals surface area contributed by atoms with Crippen molar-refractivity contribution in [3.63, 3.8) is 0 Å². The summed E-state index contributed by atoms with van der Waals surface area (Å²) in [5.41, 5.74) is 1.08. The van der Waals surface area contributed by atoms with Gasteiger partial charge in [0, 0.05) is 18.1 Å². The Kier molecular flexibility index (Phi) is 4.73. The standard InChI is InChI=1S/C19H21ClFNO3/c1-5-24-19(4,11(3)23)16-17(22-25-18(16)12-6-7-12)15-10(2)8-13(21)9-14(15)20/h8-9,12H,5-7H2,1-4H3. The number of carbonyl (C=O) groups is 1. The Labute approximate surface area is 151 Å². The summed E-state index contributed by atoms with van der Waals surface area (Å²) in [7, 11) is 0. The lowest BCUT2D eigenvalue weighted by molar-refractivity contribution is -0.141. The average molecular weight is 366 g/mol. The summed E-state index contributed by atoms with van der Waals surface area (Å²) in [6.45, 7) is 7.17. The van der Waals surface area contributed by atoms with Gasteiger partial charge in [-0.1, -0.05) is 16.8 Å². The fourth-order valence-electron chi connectivity index (χ4n) is 3.20. The number of nitrogens with zero attached hydrogens (tertiary/aromatic N) is 1. The van der Waals surface area contributed by atoms with E-state index in [1.807, 2.05) is 6.92 Å². The van der Waals surface area contributed by atoms with Gasteiger partial charge in [-0.25, -0.2) is 4.39 Å². The maximum atomic E-state index is 13.6. The van der Waals surface area contributed by atoms with E-state index < -0.39 is 11.4 Å². The maximum absolute atomic E-state index is 13.6. The topological polar surface area (TPSA) is 52.3 Å². The maximum Gasteiger partial charge on any atom is 0.166 e. The van der Waals surface area contributed by atoms with Crippen molar-refractivity contribution in [1.29, 1.82) is 0 Å². The summed E-state index contributed by atoms with van der Waals surface area (Å²) in [6, 6.07) is 2.63. The lowest BCUT2D eigenvalue weighted by atomic mass is 9.86. The van der Waals surface area contributed by atoms with Crippen molar-refractivity contribution in [2.45, 2.75) is 52.1 Å². The molecular weight excluding hydrogens is 345 g/mol. The SMILES string of the molecule is CCOC(C)(C(C)=O)c1c(-c2c(C)cc(F)cc2Cl)noc1C1CC1. The number of halogens is 2. The van der Waals surface area contributed by atoms with Gasteiger partial charge in [-0.15, -0.1) is 0 Å². The number of hydrogen-bond acceptors (Lipinski definition) is 4. The molecule has 1 heterocycles. The molecule has 1 fully saturated rings. The lowest BCUT2D eigenvalue weighted by Crippen LogP contribution is -2.35. The summed E-state index contributed by atoms with van der Waals surface area (Å²) < 4.78 is 25.1. The highest BCUT2D eigenvalue weighted by atomic mass is 35.5. The quantitative estimate of drug-likeness (QED) is 0.709. The molecule has 25 heavy (non-hydrogen) atoms. The Bertz CT molecular complexity index is 805. The number of aromatic nitrogens is 1. The molecule has 0 spiro atoms. The Morgan fingerprint density at radius 3 is 2.68 bits per heavy atom. The highest BCUT2D eigenvalue weighted by Crippen LogP contribution is 2.49. The van der Waals surface area contributed by atoms with E-state index in [1.165, 1.54) is 19.1 Å². The second kappa shape index (κ2) is 6.54. The van der Waals surface area contributed by atoms with Crippen LogP contribution in [0.2, 0.25) is 5.02 Å². The number of carbonyl (C=O) groups excluding carboxylic acids is 1. The van der Waals surface area contributed by atoms with Gasteiger partial charge < -0.3 is 9.26 Å². The van der Waals surface area contributed by atoms with Crippen LogP contribution < -0.4 is 0 Å². The number of Topliss-reactive ketones (excluding diaryl/α,β-unsaturated/α-hetero) is 1. The van der Waals surface area contributed by atoms with Crippen molar-refractivity contribution in [2.24, 2.45) is 0 Å². The van der Waals surface area contributed by atoms with Gasteiger partial charge in [-0.2, -0.15) is 0 Å². The van der Waals surface area contributed by atoms with Gasteiger partial charge in [-0.3, -0.25) is 4.79 Å². The van der Waals surface area contributed by atoms with Crippen LogP contribution in [0.1, 0.15) is 56.4 Å². The van der Waals surface area contributed by atoms with E-state index in [4.69, 9.17) is 20.9 Å². The molecule has 1 aromatic heterocycles. The predicted molar refractivity (Wildman–Crippen MR) is 93.3 cm³/mol. The highest BCUT2D eigenvalue weighted by molar-refractivity contribution is 6.33. The molecule has 2 aromatic rings. The zero-order chi connectivity index (χ0) is 18.4. The van der Waals surface area contributed by atoms with E-state index in [1.54, 1.807) is 13.8 Å². The predicted octanol–water partition coefficient (Wildman–Crippen LogP) is 5.16. The minimum absolute atomic E-state index is 0.142. The molecule has 0 bridgehead atoms. The zero-order valence-corrected chi connectivity index (χ0v) is 15.5. The highest BCUT2D eigenvalue weighted by Gasteiger charge is 2.45. The smallest absolute Gasteiger partial charge is 0.166 e. The van der Waals surface area contributed by atoms with Crippen molar-refractivity contribution in [2.75, 3.05) is 6.61 Å². The van der Waals surface area contributed by atoms with Crippen LogP contribution in [0.15, 0.2) is 16.7 Å². The van der Waals surface area contributed by atoms with E-state index in [9.17, 15) is 9.18 Å². The van der Waals surface area contributed by atoms with Crippen LogP contribution >= 0.6 is 11.6 Å². The van der Waals surface area contributed by atoms with Crippen molar-refractivity contribution in [3.8, 4) is 11.3 Å². The van der Waals surface area contributed by atoms with Crippen LogP contribution in [0.4, 0.5) is 4.39 Å². The minimum Gasteiger partial charge on any atom is -0.363 e. The Balaban J connectivity index is 2.28. The monoisotopic (exact) mass is 365 g/mol. The molecule has 0 amide bonds. The molecule has 1 aromatic carbocycles. The summed E-state index contributed by atoms with van der Waals surface area (Å²) in [5, 5.41) is 4.45. The first-order chi connectivity index (χ1) is 11.8. The Morgan fingerprint density at radius 2 is 2.16 bits per heavy atom. The van der Waals surface area contributed by atoms with Gasteiger partial charge in [0.2, 0.25) is 0 Å². The summed E-state index contributed by atoms with van der Waals surface area (Å²) in [4.78, 5) is 12.5. The fraction of sp³-hybridized carbons (Fsp3) is 0.474.